The Balaban J connectivity index is 1.77. The maximum atomic E-state index is 13.8. The fourth-order valence-electron chi connectivity index (χ4n) is 5.22. The first-order chi connectivity index (χ1) is 20.4. The number of amides is 1. The zero-order chi connectivity index (χ0) is 32.7. The van der Waals surface area contributed by atoms with Crippen LogP contribution in [0.3, 0.4) is 0 Å². The van der Waals surface area contributed by atoms with Gasteiger partial charge in [0.15, 0.2) is 0 Å². The van der Waals surface area contributed by atoms with E-state index in [-0.39, 0.29) is 24.1 Å². The van der Waals surface area contributed by atoms with Crippen LogP contribution < -0.4 is 10.0 Å². The SMILES string of the molecule is NC(=O)[C@H](CC(=O)C[C@@H]1CCc2cc(C(O)(C(F)(F)F)C(F)(F)F)ccc2N1S(=O)(=O)c1ccc(F)cc1)c1ccccc1. The number of hydrogen-bond donors (Lipinski definition) is 2. The zero-order valence-corrected chi connectivity index (χ0v) is 23.4. The van der Waals surface area contributed by atoms with Crippen molar-refractivity contribution in [3.63, 3.8) is 0 Å². The number of aliphatic hydroxyl groups is 1. The second kappa shape index (κ2) is 11.8. The van der Waals surface area contributed by atoms with E-state index in [9.17, 15) is 53.8 Å². The Morgan fingerprint density at radius 2 is 1.52 bits per heavy atom. The molecule has 1 amide bonds. The third-order valence-corrected chi connectivity index (χ3v) is 9.33. The van der Waals surface area contributed by atoms with Gasteiger partial charge >= 0.3 is 12.4 Å². The summed E-state index contributed by atoms with van der Waals surface area (Å²) >= 11 is 0. The number of carbonyl (C=O) groups excluding carboxylic acids is 2. The molecular formula is C29H25F7N2O5S. The molecule has 44 heavy (non-hydrogen) atoms. The lowest BCUT2D eigenvalue weighted by Gasteiger charge is -2.39. The summed E-state index contributed by atoms with van der Waals surface area (Å²) in [6, 6.07) is 11.8. The number of alkyl halides is 6. The van der Waals surface area contributed by atoms with E-state index in [4.69, 9.17) is 5.73 Å². The number of aryl methyl sites for hydroxylation is 1. The number of nitrogens with two attached hydrogens (primary N) is 1. The molecular weight excluding hydrogens is 621 g/mol. The number of ketones is 1. The molecule has 236 valence electrons. The van der Waals surface area contributed by atoms with Crippen molar-refractivity contribution in [3.8, 4) is 0 Å². The monoisotopic (exact) mass is 646 g/mol. The average molecular weight is 647 g/mol. The molecule has 0 fully saturated rings. The van der Waals surface area contributed by atoms with Crippen LogP contribution in [0, 0.1) is 5.82 Å². The highest BCUT2D eigenvalue weighted by Crippen LogP contribution is 2.51. The van der Waals surface area contributed by atoms with E-state index in [2.05, 4.69) is 0 Å². The van der Waals surface area contributed by atoms with Gasteiger partial charge in [0.05, 0.1) is 22.5 Å². The first kappa shape index (κ1) is 32.9. The van der Waals surface area contributed by atoms with Crippen molar-refractivity contribution in [1.82, 2.24) is 0 Å². The molecule has 3 aromatic rings. The first-order valence-electron chi connectivity index (χ1n) is 13.0. The lowest BCUT2D eigenvalue weighted by atomic mass is 9.86. The van der Waals surface area contributed by atoms with Crippen molar-refractivity contribution >= 4 is 27.4 Å². The second-order valence-electron chi connectivity index (χ2n) is 10.3. The Morgan fingerprint density at radius 3 is 2.07 bits per heavy atom. The number of carbonyl (C=O) groups is 2. The van der Waals surface area contributed by atoms with Crippen LogP contribution in [-0.2, 0) is 31.6 Å². The van der Waals surface area contributed by atoms with Crippen LogP contribution in [0.2, 0.25) is 0 Å². The van der Waals surface area contributed by atoms with Gasteiger partial charge in [-0.25, -0.2) is 12.8 Å². The highest BCUT2D eigenvalue weighted by atomic mass is 32.2. The number of anilines is 1. The molecule has 0 unspecified atom stereocenters. The Kier molecular flexibility index (Phi) is 8.86. The summed E-state index contributed by atoms with van der Waals surface area (Å²) in [7, 11) is -4.67. The minimum Gasteiger partial charge on any atom is -0.369 e. The summed E-state index contributed by atoms with van der Waals surface area (Å²) in [4.78, 5) is 24.9. The second-order valence-corrected chi connectivity index (χ2v) is 12.1. The van der Waals surface area contributed by atoms with Crippen LogP contribution in [-0.4, -0.2) is 43.6 Å². The number of halogens is 7. The van der Waals surface area contributed by atoms with Crippen molar-refractivity contribution in [2.75, 3.05) is 4.31 Å². The topological polar surface area (TPSA) is 118 Å². The summed E-state index contributed by atoms with van der Waals surface area (Å²) in [5.41, 5.74) is -1.49. The standard InChI is InChI=1S/C29H25F7N2O5S/c30-20-8-11-23(12-9-20)44(42,43)38-21(15-22(39)16-24(26(37)40)17-4-2-1-3-5-17)10-6-18-14-19(7-13-25(18)38)27(41,28(31,32)33)29(34,35)36/h1-5,7-9,11-14,21,24,41H,6,10,15-16H2,(H2,37,40)/t21-,24+/m0/s1. The number of rotatable bonds is 9. The largest absolute Gasteiger partial charge is 0.430 e. The number of sulfonamides is 1. The lowest BCUT2D eigenvalue weighted by molar-refractivity contribution is -0.376. The van der Waals surface area contributed by atoms with Crippen LogP contribution in [0.4, 0.5) is 36.4 Å². The van der Waals surface area contributed by atoms with Gasteiger partial charge in [-0.15, -0.1) is 0 Å². The van der Waals surface area contributed by atoms with Crippen molar-refractivity contribution in [2.45, 2.75) is 60.5 Å². The van der Waals surface area contributed by atoms with Crippen molar-refractivity contribution in [2.24, 2.45) is 5.73 Å². The van der Waals surface area contributed by atoms with E-state index >= 15 is 0 Å². The molecule has 0 spiro atoms. The van der Waals surface area contributed by atoms with Gasteiger partial charge in [-0.3, -0.25) is 13.9 Å². The smallest absolute Gasteiger partial charge is 0.369 e. The van der Waals surface area contributed by atoms with Crippen molar-refractivity contribution < 1.29 is 53.8 Å². The quantitative estimate of drug-likeness (QED) is 0.308. The highest BCUT2D eigenvalue weighted by Gasteiger charge is 2.71. The maximum absolute atomic E-state index is 13.8. The predicted octanol–water partition coefficient (Wildman–Crippen LogP) is 5.27. The van der Waals surface area contributed by atoms with E-state index < -0.39 is 80.7 Å². The Bertz CT molecular complexity index is 1630. The molecule has 0 saturated heterocycles. The van der Waals surface area contributed by atoms with Crippen LogP contribution in [0.1, 0.15) is 41.9 Å². The normalized spacial score (nSPS) is 16.7. The van der Waals surface area contributed by atoms with Crippen molar-refractivity contribution in [1.29, 1.82) is 0 Å². The van der Waals surface area contributed by atoms with Crippen LogP contribution in [0.25, 0.3) is 0 Å². The molecule has 7 nitrogen and oxygen atoms in total. The molecule has 4 rings (SSSR count). The molecule has 2 atom stereocenters. The fraction of sp³-hybridized carbons (Fsp3) is 0.310. The van der Waals surface area contributed by atoms with Gasteiger partial charge in [-0.2, -0.15) is 26.3 Å². The summed E-state index contributed by atoms with van der Waals surface area (Å²) in [6.45, 7) is 0. The molecule has 1 aliphatic rings. The number of Topliss-reactive ketones (excluding diaryl/α,β-unsaturated/α-hetero) is 1. The molecule has 0 aromatic heterocycles. The highest BCUT2D eigenvalue weighted by molar-refractivity contribution is 7.92. The van der Waals surface area contributed by atoms with Crippen LogP contribution in [0.15, 0.2) is 77.7 Å². The molecule has 15 heteroatoms. The molecule has 3 aromatic carbocycles. The Hall–Kier alpha value is -3.98. The van der Waals surface area contributed by atoms with Gasteiger partial charge in [0.1, 0.15) is 11.6 Å². The van der Waals surface area contributed by atoms with E-state index in [0.717, 1.165) is 24.3 Å². The number of primary amides is 1. The third-order valence-electron chi connectivity index (χ3n) is 7.44. The predicted molar refractivity (Wildman–Crippen MR) is 143 cm³/mol. The molecule has 3 N–H and O–H groups in total. The van der Waals surface area contributed by atoms with Gasteiger partial charge in [0.25, 0.3) is 15.6 Å². The third kappa shape index (κ3) is 6.15. The summed E-state index contributed by atoms with van der Waals surface area (Å²) < 4.78 is 123. The Morgan fingerprint density at radius 1 is 0.932 bits per heavy atom. The van der Waals surface area contributed by atoms with E-state index in [1.807, 2.05) is 0 Å². The number of hydrogen-bond acceptors (Lipinski definition) is 5. The van der Waals surface area contributed by atoms with Crippen molar-refractivity contribution in [3.05, 3.63) is 95.3 Å². The van der Waals surface area contributed by atoms with E-state index in [1.54, 1.807) is 30.3 Å². The molecule has 0 bridgehead atoms. The molecule has 0 aliphatic carbocycles. The number of fused-ring (bicyclic) bond motifs is 1. The van der Waals surface area contributed by atoms with Crippen LogP contribution >= 0.6 is 0 Å². The summed E-state index contributed by atoms with van der Waals surface area (Å²) in [5.74, 6) is -3.24. The van der Waals surface area contributed by atoms with Gasteiger partial charge in [0, 0.05) is 18.4 Å². The van der Waals surface area contributed by atoms with Gasteiger partial charge in [-0.1, -0.05) is 42.5 Å². The molecule has 0 radical (unpaired) electrons. The maximum Gasteiger partial charge on any atom is 0.430 e. The van der Waals surface area contributed by atoms with Gasteiger partial charge < -0.3 is 10.8 Å². The number of benzene rings is 3. The zero-order valence-electron chi connectivity index (χ0n) is 22.6. The molecule has 1 heterocycles. The van der Waals surface area contributed by atoms with E-state index in [0.29, 0.717) is 28.1 Å². The van der Waals surface area contributed by atoms with Gasteiger partial charge in [-0.05, 0) is 54.3 Å². The molecule has 1 aliphatic heterocycles. The van der Waals surface area contributed by atoms with E-state index in [1.165, 1.54) is 0 Å². The summed E-state index contributed by atoms with van der Waals surface area (Å²) in [6.07, 6.45) is -13.7. The minimum absolute atomic E-state index is 0.230. The Labute approximate surface area is 247 Å². The first-order valence-corrected chi connectivity index (χ1v) is 14.5. The fourth-order valence-corrected chi connectivity index (χ4v) is 6.94. The minimum atomic E-state index is -6.17. The van der Waals surface area contributed by atoms with Gasteiger partial charge in [0.2, 0.25) is 5.91 Å². The number of nitrogens with zero attached hydrogens (tertiary/aromatic N) is 1. The average Bonchev–Trinajstić information content (AvgIpc) is 2.94. The molecule has 0 saturated carbocycles. The lowest BCUT2D eigenvalue weighted by Crippen LogP contribution is -2.54. The van der Waals surface area contributed by atoms with Crippen LogP contribution in [0.5, 0.6) is 0 Å². The summed E-state index contributed by atoms with van der Waals surface area (Å²) in [5, 5.41) is 9.88.